The highest BCUT2D eigenvalue weighted by Gasteiger charge is 2.52. The molecule has 1 saturated heterocycles. The molecule has 1 fully saturated rings. The Bertz CT molecular complexity index is 1750. The van der Waals surface area contributed by atoms with E-state index in [0.29, 0.717) is 40.4 Å². The number of likely N-dealkylation sites (tertiary alicyclic amines) is 1. The van der Waals surface area contributed by atoms with Crippen molar-refractivity contribution in [2.75, 3.05) is 39.9 Å². The van der Waals surface area contributed by atoms with Crippen molar-refractivity contribution >= 4 is 11.4 Å². The molecule has 11 nitrogen and oxygen atoms in total. The van der Waals surface area contributed by atoms with Crippen LogP contribution in [-0.2, 0) is 17.8 Å². The molecule has 0 saturated carbocycles. The van der Waals surface area contributed by atoms with Crippen molar-refractivity contribution in [2.24, 2.45) is 5.92 Å². The fourth-order valence-corrected chi connectivity index (χ4v) is 6.37. The van der Waals surface area contributed by atoms with Gasteiger partial charge in [0.25, 0.3) is 0 Å². The number of nitrogens with zero attached hydrogens (tertiary/aromatic N) is 7. The lowest BCUT2D eigenvalue weighted by atomic mass is 9.89. The van der Waals surface area contributed by atoms with Crippen molar-refractivity contribution in [1.29, 1.82) is 0 Å². The molecule has 1 amide bonds. The van der Waals surface area contributed by atoms with Gasteiger partial charge < -0.3 is 19.5 Å². The van der Waals surface area contributed by atoms with E-state index in [1.807, 2.05) is 6.92 Å². The summed E-state index contributed by atoms with van der Waals surface area (Å²) in [5.41, 5.74) is 3.67. The summed E-state index contributed by atoms with van der Waals surface area (Å²) in [6, 6.07) is 2.72. The monoisotopic (exact) mass is 643 g/mol. The fourth-order valence-electron chi connectivity index (χ4n) is 6.37. The molecule has 15 heteroatoms. The molecule has 4 aromatic heterocycles. The molecule has 0 aliphatic carbocycles. The largest absolute Gasteiger partial charge is 0.493 e. The number of halogens is 4. The first-order chi connectivity index (χ1) is 22.0. The number of carbonyl (C=O) groups excluding carboxylic acids is 1. The molecular formula is C31H33F4N7O4. The van der Waals surface area contributed by atoms with Crippen molar-refractivity contribution in [3.05, 3.63) is 72.2 Å². The van der Waals surface area contributed by atoms with Crippen LogP contribution in [0.3, 0.4) is 0 Å². The number of hydrogen-bond acceptors (Lipinski definition) is 8. The molecular weight excluding hydrogens is 610 g/mol. The molecule has 1 N–H and O–H groups in total. The van der Waals surface area contributed by atoms with Crippen LogP contribution in [0.5, 0.6) is 11.5 Å². The van der Waals surface area contributed by atoms with E-state index < -0.39 is 36.7 Å². The van der Waals surface area contributed by atoms with Crippen LogP contribution >= 0.6 is 0 Å². The lowest BCUT2D eigenvalue weighted by Gasteiger charge is -2.47. The minimum atomic E-state index is -4.45. The van der Waals surface area contributed by atoms with E-state index in [-0.39, 0.29) is 38.6 Å². The normalized spacial score (nSPS) is 17.2. The van der Waals surface area contributed by atoms with Gasteiger partial charge in [0.05, 0.1) is 44.0 Å². The van der Waals surface area contributed by atoms with E-state index in [1.54, 1.807) is 21.5 Å². The van der Waals surface area contributed by atoms with Crippen LogP contribution in [0.1, 0.15) is 23.1 Å². The molecule has 244 valence electrons. The number of aromatic nitrogens is 5. The predicted molar refractivity (Wildman–Crippen MR) is 158 cm³/mol. The Balaban J connectivity index is 1.28. The van der Waals surface area contributed by atoms with E-state index in [0.717, 1.165) is 23.5 Å². The van der Waals surface area contributed by atoms with Crippen LogP contribution < -0.4 is 9.47 Å². The zero-order valence-electron chi connectivity index (χ0n) is 25.2. The molecule has 2 aliphatic heterocycles. The molecule has 0 bridgehead atoms. The molecule has 0 radical (unpaired) electrons. The SMILES string of the molecule is C=CC(=O)N1CC(C(N2CCc3c(C)c(-c4cc(O[C@H](CO)c5ccc(F)cn5)c5c(OC)cnn5c4)nn3CC2)C(F)(F)F)C1. The maximum atomic E-state index is 14.3. The average Bonchev–Trinajstić information content (AvgIpc) is 3.50. The summed E-state index contributed by atoms with van der Waals surface area (Å²) in [6.45, 7) is 5.49. The number of fused-ring (bicyclic) bond motifs is 2. The highest BCUT2D eigenvalue weighted by Crippen LogP contribution is 2.39. The summed E-state index contributed by atoms with van der Waals surface area (Å²) in [6.07, 6.45) is 0.396. The number of rotatable bonds is 9. The Labute approximate surface area is 261 Å². The zero-order valence-corrected chi connectivity index (χ0v) is 25.2. The number of aliphatic hydroxyl groups excluding tert-OH is 1. The Morgan fingerprint density at radius 2 is 1.98 bits per heavy atom. The predicted octanol–water partition coefficient (Wildman–Crippen LogP) is 3.59. The summed E-state index contributed by atoms with van der Waals surface area (Å²) < 4.78 is 71.5. The standard InChI is InChI=1S/C31H33F4N7O4/c1-4-27(44)40-14-20(15-40)30(31(33,34)35)39-8-7-23-18(2)28(38-41(23)10-9-39)19-11-24(29-25(45-3)13-37-42(29)16-19)46-26(17-43)22-6-5-21(32)12-36-22/h4-6,11-13,16,20,26,30,43H,1,7-10,14-15,17H2,2-3H3/t26-,30?/m1/s1. The third-order valence-corrected chi connectivity index (χ3v) is 8.68. The number of pyridine rings is 2. The lowest BCUT2D eigenvalue weighted by Crippen LogP contribution is -2.62. The second-order valence-electron chi connectivity index (χ2n) is 11.4. The Morgan fingerprint density at radius 3 is 2.63 bits per heavy atom. The molecule has 6 heterocycles. The van der Waals surface area contributed by atoms with Gasteiger partial charge in [-0.15, -0.1) is 0 Å². The molecule has 6 rings (SSSR count). The second kappa shape index (κ2) is 12.4. The van der Waals surface area contributed by atoms with Gasteiger partial charge in [-0.2, -0.15) is 23.4 Å². The van der Waals surface area contributed by atoms with Gasteiger partial charge in [0, 0.05) is 56.0 Å². The van der Waals surface area contributed by atoms with Gasteiger partial charge in [-0.1, -0.05) is 6.58 Å². The minimum absolute atomic E-state index is 0.0404. The second-order valence-corrected chi connectivity index (χ2v) is 11.4. The first-order valence-electron chi connectivity index (χ1n) is 14.8. The summed E-state index contributed by atoms with van der Waals surface area (Å²) in [5.74, 6) is -0.872. The van der Waals surface area contributed by atoms with Crippen LogP contribution in [0.4, 0.5) is 17.6 Å². The highest BCUT2D eigenvalue weighted by atomic mass is 19.4. The van der Waals surface area contributed by atoms with Crippen molar-refractivity contribution < 1.29 is 36.9 Å². The van der Waals surface area contributed by atoms with Gasteiger partial charge >= 0.3 is 6.18 Å². The maximum absolute atomic E-state index is 14.3. The van der Waals surface area contributed by atoms with Gasteiger partial charge in [0.15, 0.2) is 23.1 Å². The molecule has 0 aromatic carbocycles. The van der Waals surface area contributed by atoms with Crippen molar-refractivity contribution in [3.8, 4) is 22.8 Å². The van der Waals surface area contributed by atoms with Crippen LogP contribution in [-0.4, -0.2) is 97.3 Å². The number of carbonyl (C=O) groups is 1. The number of hydrogen-bond donors (Lipinski definition) is 1. The van der Waals surface area contributed by atoms with Crippen LogP contribution in [0, 0.1) is 18.7 Å². The fraction of sp³-hybridized carbons (Fsp3) is 0.419. The Hall–Kier alpha value is -4.50. The first kappa shape index (κ1) is 31.5. The third-order valence-electron chi connectivity index (χ3n) is 8.68. The minimum Gasteiger partial charge on any atom is -0.493 e. The van der Waals surface area contributed by atoms with E-state index >= 15 is 0 Å². The average molecular weight is 644 g/mol. The van der Waals surface area contributed by atoms with E-state index in [9.17, 15) is 27.5 Å². The number of alkyl halides is 3. The van der Waals surface area contributed by atoms with Gasteiger partial charge in [-0.3, -0.25) is 19.4 Å². The maximum Gasteiger partial charge on any atom is 0.404 e. The number of ether oxygens (including phenoxy) is 2. The number of aliphatic hydroxyl groups is 1. The molecule has 0 spiro atoms. The summed E-state index contributed by atoms with van der Waals surface area (Å²) >= 11 is 0. The zero-order chi connectivity index (χ0) is 32.7. The summed E-state index contributed by atoms with van der Waals surface area (Å²) in [7, 11) is 1.49. The molecule has 4 aromatic rings. The van der Waals surface area contributed by atoms with E-state index in [2.05, 4.69) is 16.7 Å². The number of methoxy groups -OCH3 is 1. The topological polar surface area (TPSA) is 110 Å². The number of amides is 1. The Kier molecular flexibility index (Phi) is 8.46. The molecule has 1 unspecified atom stereocenters. The van der Waals surface area contributed by atoms with Crippen LogP contribution in [0.15, 0.2) is 49.4 Å². The van der Waals surface area contributed by atoms with E-state index in [1.165, 1.54) is 35.2 Å². The highest BCUT2D eigenvalue weighted by molar-refractivity contribution is 5.87. The molecule has 2 aliphatic rings. The quantitative estimate of drug-likeness (QED) is 0.218. The van der Waals surface area contributed by atoms with Crippen molar-refractivity contribution in [1.82, 2.24) is 34.2 Å². The molecule has 2 atom stereocenters. The Morgan fingerprint density at radius 1 is 1.20 bits per heavy atom. The van der Waals surface area contributed by atoms with Crippen LogP contribution in [0.25, 0.3) is 16.8 Å². The van der Waals surface area contributed by atoms with Crippen LogP contribution in [0.2, 0.25) is 0 Å². The van der Waals surface area contributed by atoms with Gasteiger partial charge in [-0.25, -0.2) is 8.91 Å². The first-order valence-corrected chi connectivity index (χ1v) is 14.8. The summed E-state index contributed by atoms with van der Waals surface area (Å²) in [5, 5.41) is 19.3. The van der Waals surface area contributed by atoms with Crippen molar-refractivity contribution in [3.63, 3.8) is 0 Å². The van der Waals surface area contributed by atoms with Gasteiger partial charge in [0.2, 0.25) is 5.91 Å². The smallest absolute Gasteiger partial charge is 0.404 e. The van der Waals surface area contributed by atoms with Crippen molar-refractivity contribution in [2.45, 2.75) is 38.2 Å². The van der Waals surface area contributed by atoms with Gasteiger partial charge in [-0.05, 0) is 36.8 Å². The lowest BCUT2D eigenvalue weighted by molar-refractivity contribution is -0.211. The third kappa shape index (κ3) is 5.80. The summed E-state index contributed by atoms with van der Waals surface area (Å²) in [4.78, 5) is 18.7. The molecule has 46 heavy (non-hydrogen) atoms. The van der Waals surface area contributed by atoms with E-state index in [4.69, 9.17) is 14.6 Å². The van der Waals surface area contributed by atoms with Gasteiger partial charge in [0.1, 0.15) is 11.9 Å².